The molecule has 0 aliphatic carbocycles. The fourth-order valence-corrected chi connectivity index (χ4v) is 1.58. The Balaban J connectivity index is 2.86. The van der Waals surface area contributed by atoms with Crippen LogP contribution in [-0.2, 0) is 4.79 Å². The lowest BCUT2D eigenvalue weighted by Crippen LogP contribution is -2.27. The summed E-state index contributed by atoms with van der Waals surface area (Å²) in [7, 11) is 3.63. The third kappa shape index (κ3) is 5.35. The Morgan fingerprint density at radius 1 is 1.33 bits per heavy atom. The largest absolute Gasteiger partial charge is 0.360 e. The zero-order chi connectivity index (χ0) is 15.8. The van der Waals surface area contributed by atoms with Crippen LogP contribution in [0.3, 0.4) is 0 Å². The minimum absolute atomic E-state index is 0.0172. The second-order valence-corrected chi connectivity index (χ2v) is 4.74. The molecule has 6 nitrogen and oxygen atoms in total. The summed E-state index contributed by atoms with van der Waals surface area (Å²) in [6.45, 7) is 2.18. The van der Waals surface area contributed by atoms with Crippen LogP contribution in [0.4, 0.5) is 11.4 Å². The fourth-order valence-electron chi connectivity index (χ4n) is 1.58. The van der Waals surface area contributed by atoms with E-state index < -0.39 is 0 Å². The van der Waals surface area contributed by atoms with Crippen molar-refractivity contribution in [1.82, 2.24) is 4.90 Å². The molecule has 0 aliphatic rings. The molecule has 0 heterocycles. The van der Waals surface area contributed by atoms with Gasteiger partial charge in [-0.2, -0.15) is 10.5 Å². The van der Waals surface area contributed by atoms with E-state index in [4.69, 9.17) is 10.5 Å². The number of benzene rings is 1. The van der Waals surface area contributed by atoms with E-state index in [2.05, 4.69) is 10.6 Å². The minimum atomic E-state index is -0.111. The highest BCUT2D eigenvalue weighted by molar-refractivity contribution is 5.92. The highest BCUT2D eigenvalue weighted by Gasteiger charge is 2.05. The number of aryl methyl sites for hydroxylation is 1. The fraction of sp³-hybridized carbons (Fsp3) is 0.267. The van der Waals surface area contributed by atoms with Gasteiger partial charge in [0.1, 0.15) is 17.7 Å². The molecule has 0 spiro atoms. The summed E-state index contributed by atoms with van der Waals surface area (Å²) < 4.78 is 0. The number of carbonyl (C=O) groups is 1. The summed E-state index contributed by atoms with van der Waals surface area (Å²) >= 11 is 0. The second-order valence-electron chi connectivity index (χ2n) is 4.74. The van der Waals surface area contributed by atoms with Gasteiger partial charge in [-0.25, -0.2) is 0 Å². The number of nitriles is 2. The van der Waals surface area contributed by atoms with Gasteiger partial charge >= 0.3 is 0 Å². The zero-order valence-electron chi connectivity index (χ0n) is 12.3. The average molecular weight is 283 g/mol. The van der Waals surface area contributed by atoms with Crippen molar-refractivity contribution in [2.24, 2.45) is 0 Å². The van der Waals surface area contributed by atoms with E-state index in [-0.39, 0.29) is 11.5 Å². The summed E-state index contributed by atoms with van der Waals surface area (Å²) in [5.74, 6) is -0.111. The molecule has 0 aromatic heterocycles. The Bertz CT molecular complexity index is 618. The number of hydrogen-bond donors (Lipinski definition) is 2. The molecule has 0 fully saturated rings. The van der Waals surface area contributed by atoms with Crippen molar-refractivity contribution in [3.63, 3.8) is 0 Å². The van der Waals surface area contributed by atoms with Crippen molar-refractivity contribution in [1.29, 1.82) is 10.5 Å². The van der Waals surface area contributed by atoms with E-state index >= 15 is 0 Å². The third-order valence-corrected chi connectivity index (χ3v) is 2.59. The number of allylic oxidation sites excluding steroid dienone is 1. The predicted molar refractivity (Wildman–Crippen MR) is 81.3 cm³/mol. The van der Waals surface area contributed by atoms with Gasteiger partial charge < -0.3 is 15.5 Å². The van der Waals surface area contributed by atoms with Crippen LogP contribution in [0.15, 0.2) is 30.0 Å². The molecular weight excluding hydrogens is 266 g/mol. The molecule has 0 unspecified atom stereocenters. The normalized spacial score (nSPS) is 9.43. The van der Waals surface area contributed by atoms with Crippen LogP contribution in [0, 0.1) is 29.6 Å². The summed E-state index contributed by atoms with van der Waals surface area (Å²) in [6, 6.07) is 8.95. The molecule has 108 valence electrons. The van der Waals surface area contributed by atoms with Crippen LogP contribution < -0.4 is 10.6 Å². The average Bonchev–Trinajstić information content (AvgIpc) is 2.42. The van der Waals surface area contributed by atoms with Crippen molar-refractivity contribution in [2.45, 2.75) is 6.92 Å². The zero-order valence-corrected chi connectivity index (χ0v) is 12.3. The molecule has 0 atom stereocenters. The molecule has 1 amide bonds. The molecule has 0 saturated heterocycles. The highest BCUT2D eigenvalue weighted by atomic mass is 16.2. The molecular formula is C15H17N5O. The molecule has 1 aromatic rings. The minimum Gasteiger partial charge on any atom is -0.360 e. The number of likely N-dealkylation sites (N-methyl/N-ethyl adjacent to an activating group) is 1. The Kier molecular flexibility index (Phi) is 5.94. The van der Waals surface area contributed by atoms with Crippen molar-refractivity contribution in [3.05, 3.63) is 35.5 Å². The van der Waals surface area contributed by atoms with Gasteiger partial charge in [-0.3, -0.25) is 4.79 Å². The van der Waals surface area contributed by atoms with Crippen molar-refractivity contribution in [2.75, 3.05) is 31.3 Å². The van der Waals surface area contributed by atoms with Gasteiger partial charge in [-0.1, -0.05) is 6.07 Å². The number of hydrogen-bond acceptors (Lipinski definition) is 5. The first-order chi connectivity index (χ1) is 9.96. The first-order valence-electron chi connectivity index (χ1n) is 6.28. The quantitative estimate of drug-likeness (QED) is 0.804. The third-order valence-electron chi connectivity index (χ3n) is 2.59. The summed E-state index contributed by atoms with van der Waals surface area (Å²) in [5, 5.41) is 23.1. The topological polar surface area (TPSA) is 91.9 Å². The monoisotopic (exact) mass is 283 g/mol. The van der Waals surface area contributed by atoms with Crippen LogP contribution in [-0.4, -0.2) is 31.4 Å². The molecule has 0 radical (unpaired) electrons. The Morgan fingerprint density at radius 3 is 2.57 bits per heavy atom. The predicted octanol–water partition coefficient (Wildman–Crippen LogP) is 1.84. The standard InChI is InChI=1S/C15H17N5O/c1-11-4-5-13(19-15(21)10-20(2)3)6-14(11)18-9-12(7-16)8-17/h4-6,9,18H,10H2,1-3H3,(H,19,21). The molecule has 1 rings (SSSR count). The van der Waals surface area contributed by atoms with Crippen molar-refractivity contribution >= 4 is 17.3 Å². The number of anilines is 2. The Hall–Kier alpha value is -2.83. The number of nitrogens with one attached hydrogen (secondary N) is 2. The summed E-state index contributed by atoms with van der Waals surface area (Å²) in [6.07, 6.45) is 1.34. The van der Waals surface area contributed by atoms with Crippen LogP contribution in [0.25, 0.3) is 0 Å². The van der Waals surface area contributed by atoms with E-state index in [1.54, 1.807) is 29.2 Å². The Labute approximate surface area is 124 Å². The lowest BCUT2D eigenvalue weighted by Gasteiger charge is -2.12. The van der Waals surface area contributed by atoms with Crippen LogP contribution in [0.5, 0.6) is 0 Å². The maximum absolute atomic E-state index is 11.7. The first-order valence-corrected chi connectivity index (χ1v) is 6.28. The summed E-state index contributed by atoms with van der Waals surface area (Å²) in [5.41, 5.74) is 2.29. The maximum atomic E-state index is 11.7. The molecule has 6 heteroatoms. The molecule has 0 saturated carbocycles. The molecule has 2 N–H and O–H groups in total. The highest BCUT2D eigenvalue weighted by Crippen LogP contribution is 2.20. The smallest absolute Gasteiger partial charge is 0.238 e. The van der Waals surface area contributed by atoms with Gasteiger partial charge in [0, 0.05) is 17.6 Å². The van der Waals surface area contributed by atoms with Gasteiger partial charge in [0.2, 0.25) is 5.91 Å². The van der Waals surface area contributed by atoms with Gasteiger partial charge in [-0.15, -0.1) is 0 Å². The molecule has 0 aliphatic heterocycles. The van der Waals surface area contributed by atoms with Gasteiger partial charge in [-0.05, 0) is 38.7 Å². The number of amides is 1. The maximum Gasteiger partial charge on any atom is 0.238 e. The van der Waals surface area contributed by atoms with E-state index in [1.807, 2.05) is 27.1 Å². The molecule has 1 aromatic carbocycles. The van der Waals surface area contributed by atoms with Crippen molar-refractivity contribution in [3.8, 4) is 12.1 Å². The van der Waals surface area contributed by atoms with E-state index in [0.29, 0.717) is 12.2 Å². The van der Waals surface area contributed by atoms with Gasteiger partial charge in [0.25, 0.3) is 0 Å². The Morgan fingerprint density at radius 2 is 2.00 bits per heavy atom. The van der Waals surface area contributed by atoms with E-state index in [0.717, 1.165) is 11.3 Å². The second kappa shape index (κ2) is 7.68. The van der Waals surface area contributed by atoms with Crippen LogP contribution >= 0.6 is 0 Å². The van der Waals surface area contributed by atoms with E-state index in [9.17, 15) is 4.79 Å². The van der Waals surface area contributed by atoms with Gasteiger partial charge in [0.05, 0.1) is 6.54 Å². The molecule has 21 heavy (non-hydrogen) atoms. The number of rotatable bonds is 5. The first kappa shape index (κ1) is 16.2. The number of nitrogens with zero attached hydrogens (tertiary/aromatic N) is 3. The summed E-state index contributed by atoms with van der Waals surface area (Å²) in [4.78, 5) is 13.5. The number of carbonyl (C=O) groups excluding carboxylic acids is 1. The van der Waals surface area contributed by atoms with Crippen molar-refractivity contribution < 1.29 is 4.79 Å². The van der Waals surface area contributed by atoms with E-state index in [1.165, 1.54) is 6.20 Å². The van der Waals surface area contributed by atoms with Crippen LogP contribution in [0.2, 0.25) is 0 Å². The lowest BCUT2D eigenvalue weighted by atomic mass is 10.1. The van der Waals surface area contributed by atoms with Crippen LogP contribution in [0.1, 0.15) is 5.56 Å². The lowest BCUT2D eigenvalue weighted by molar-refractivity contribution is -0.116. The SMILES string of the molecule is Cc1ccc(NC(=O)CN(C)C)cc1NC=C(C#N)C#N. The molecule has 0 bridgehead atoms. The van der Waals surface area contributed by atoms with Gasteiger partial charge in [0.15, 0.2) is 0 Å².